The molecule has 21 heavy (non-hydrogen) atoms. The first-order valence-corrected chi connectivity index (χ1v) is 8.28. The third-order valence-corrected chi connectivity index (χ3v) is 4.41. The molecule has 2 atom stereocenters. The van der Waals surface area contributed by atoms with Crippen LogP contribution in [-0.4, -0.2) is 24.4 Å². The van der Waals surface area contributed by atoms with E-state index in [9.17, 15) is 0 Å². The van der Waals surface area contributed by atoms with Crippen LogP contribution in [0, 0.1) is 0 Å². The molecule has 1 N–H and O–H groups in total. The van der Waals surface area contributed by atoms with Gasteiger partial charge in [0.2, 0.25) is 0 Å². The van der Waals surface area contributed by atoms with Gasteiger partial charge in [0.25, 0.3) is 0 Å². The summed E-state index contributed by atoms with van der Waals surface area (Å²) < 4.78 is 11.9. The van der Waals surface area contributed by atoms with Crippen LogP contribution in [0.15, 0.2) is 24.3 Å². The van der Waals surface area contributed by atoms with E-state index in [0.717, 1.165) is 25.4 Å². The van der Waals surface area contributed by atoms with E-state index in [1.165, 1.54) is 24.0 Å². The van der Waals surface area contributed by atoms with Gasteiger partial charge in [-0.3, -0.25) is 0 Å². The lowest BCUT2D eigenvalue weighted by Crippen LogP contribution is -2.34. The molecule has 3 rings (SSSR count). The summed E-state index contributed by atoms with van der Waals surface area (Å²) in [6, 6.07) is 9.37. The van der Waals surface area contributed by atoms with E-state index < -0.39 is 0 Å². The molecule has 3 heteroatoms. The van der Waals surface area contributed by atoms with Crippen LogP contribution in [0.3, 0.4) is 0 Å². The zero-order valence-electron chi connectivity index (χ0n) is 13.2. The fraction of sp³-hybridized carbons (Fsp3) is 0.667. The molecular formula is C18H27NO2. The van der Waals surface area contributed by atoms with Gasteiger partial charge in [-0.25, -0.2) is 0 Å². The van der Waals surface area contributed by atoms with Gasteiger partial charge in [0.05, 0.1) is 24.9 Å². The van der Waals surface area contributed by atoms with Crippen molar-refractivity contribution in [3.63, 3.8) is 0 Å². The second-order valence-corrected chi connectivity index (χ2v) is 6.59. The van der Waals surface area contributed by atoms with Crippen molar-refractivity contribution in [3.05, 3.63) is 35.4 Å². The molecule has 116 valence electrons. The van der Waals surface area contributed by atoms with Crippen LogP contribution in [0.4, 0.5) is 0 Å². The monoisotopic (exact) mass is 289 g/mol. The third-order valence-electron chi connectivity index (χ3n) is 4.41. The van der Waals surface area contributed by atoms with Gasteiger partial charge >= 0.3 is 0 Å². The van der Waals surface area contributed by atoms with E-state index in [4.69, 9.17) is 9.47 Å². The molecule has 2 aliphatic rings. The lowest BCUT2D eigenvalue weighted by atomic mass is 10.0. The molecule has 0 radical (unpaired) electrons. The van der Waals surface area contributed by atoms with Crippen molar-refractivity contribution in [3.8, 4) is 0 Å². The summed E-state index contributed by atoms with van der Waals surface area (Å²) in [6.45, 7) is 5.95. The predicted molar refractivity (Wildman–Crippen MR) is 84.1 cm³/mol. The van der Waals surface area contributed by atoms with Crippen LogP contribution in [0.5, 0.6) is 0 Å². The van der Waals surface area contributed by atoms with E-state index >= 15 is 0 Å². The van der Waals surface area contributed by atoms with E-state index in [1.54, 1.807) is 0 Å². The highest BCUT2D eigenvalue weighted by molar-refractivity contribution is 5.26. The lowest BCUT2D eigenvalue weighted by molar-refractivity contribution is -0.106. The van der Waals surface area contributed by atoms with Crippen LogP contribution < -0.4 is 5.32 Å². The molecule has 1 aliphatic heterocycles. The van der Waals surface area contributed by atoms with Gasteiger partial charge < -0.3 is 14.8 Å². The maximum absolute atomic E-state index is 6.17. The smallest absolute Gasteiger partial charge is 0.0723 e. The van der Waals surface area contributed by atoms with E-state index in [1.807, 2.05) is 0 Å². The summed E-state index contributed by atoms with van der Waals surface area (Å²) in [5.74, 6) is 0. The van der Waals surface area contributed by atoms with Gasteiger partial charge in [0.15, 0.2) is 0 Å². The van der Waals surface area contributed by atoms with Crippen molar-refractivity contribution >= 4 is 0 Å². The van der Waals surface area contributed by atoms with E-state index in [0.29, 0.717) is 24.9 Å². The van der Waals surface area contributed by atoms with Crippen molar-refractivity contribution in [2.45, 2.75) is 77.0 Å². The Hall–Kier alpha value is -0.900. The topological polar surface area (TPSA) is 30.5 Å². The normalized spacial score (nSPS) is 29.5. The lowest BCUT2D eigenvalue weighted by Gasteiger charge is -2.32. The molecule has 0 bridgehead atoms. The maximum atomic E-state index is 6.17. The second-order valence-electron chi connectivity index (χ2n) is 6.59. The summed E-state index contributed by atoms with van der Waals surface area (Å²) in [6.07, 6.45) is 5.62. The van der Waals surface area contributed by atoms with Gasteiger partial charge in [-0.2, -0.15) is 0 Å². The van der Waals surface area contributed by atoms with Crippen molar-refractivity contribution in [1.82, 2.24) is 5.32 Å². The molecule has 0 amide bonds. The second kappa shape index (κ2) is 6.91. The molecule has 2 unspecified atom stereocenters. The van der Waals surface area contributed by atoms with E-state index in [-0.39, 0.29) is 0 Å². The highest BCUT2D eigenvalue weighted by Crippen LogP contribution is 2.24. The number of benzene rings is 1. The number of rotatable bonds is 6. The Bertz CT molecular complexity index is 448. The first kappa shape index (κ1) is 15.0. The molecule has 3 nitrogen and oxygen atoms in total. The Kier molecular flexibility index (Phi) is 4.94. The summed E-state index contributed by atoms with van der Waals surface area (Å²) in [7, 11) is 0. The SMILES string of the molecule is CC1CC(OCc2ccccc2CNC2CC2)CC(C)O1. The molecule has 1 heterocycles. The quantitative estimate of drug-likeness (QED) is 0.870. The van der Waals surface area contributed by atoms with Crippen molar-refractivity contribution in [1.29, 1.82) is 0 Å². The highest BCUT2D eigenvalue weighted by atomic mass is 16.5. The maximum Gasteiger partial charge on any atom is 0.0723 e. The largest absolute Gasteiger partial charge is 0.375 e. The summed E-state index contributed by atoms with van der Waals surface area (Å²) >= 11 is 0. The van der Waals surface area contributed by atoms with Crippen LogP contribution >= 0.6 is 0 Å². The zero-order valence-corrected chi connectivity index (χ0v) is 13.2. The zero-order chi connectivity index (χ0) is 14.7. The van der Waals surface area contributed by atoms with E-state index in [2.05, 4.69) is 43.4 Å². The number of nitrogens with one attached hydrogen (secondary N) is 1. The molecule has 0 spiro atoms. The Labute approximate surface area is 128 Å². The highest BCUT2D eigenvalue weighted by Gasteiger charge is 2.25. The Morgan fingerprint density at radius 2 is 1.76 bits per heavy atom. The molecular weight excluding hydrogens is 262 g/mol. The number of hydrogen-bond donors (Lipinski definition) is 1. The summed E-state index contributed by atoms with van der Waals surface area (Å²) in [5, 5.41) is 3.59. The van der Waals surface area contributed by atoms with Gasteiger partial charge in [0, 0.05) is 12.6 Å². The average Bonchev–Trinajstić information content (AvgIpc) is 3.27. The third kappa shape index (κ3) is 4.53. The first-order valence-electron chi connectivity index (χ1n) is 8.28. The molecule has 1 aromatic carbocycles. The van der Waals surface area contributed by atoms with Crippen LogP contribution in [0.2, 0.25) is 0 Å². The van der Waals surface area contributed by atoms with Gasteiger partial charge in [-0.15, -0.1) is 0 Å². The molecule has 1 aromatic rings. The van der Waals surface area contributed by atoms with Crippen LogP contribution in [0.1, 0.15) is 50.7 Å². The minimum absolute atomic E-state index is 0.311. The number of hydrogen-bond acceptors (Lipinski definition) is 3. The minimum Gasteiger partial charge on any atom is -0.375 e. The summed E-state index contributed by atoms with van der Waals surface area (Å²) in [4.78, 5) is 0. The standard InChI is InChI=1S/C18H27NO2/c1-13-9-18(10-14(2)21-13)20-12-16-6-4-3-5-15(16)11-19-17-7-8-17/h3-6,13-14,17-19H,7-12H2,1-2H3. The average molecular weight is 289 g/mol. The van der Waals surface area contributed by atoms with Crippen molar-refractivity contribution in [2.75, 3.05) is 0 Å². The van der Waals surface area contributed by atoms with Crippen molar-refractivity contribution < 1.29 is 9.47 Å². The van der Waals surface area contributed by atoms with Gasteiger partial charge in [-0.05, 0) is 50.7 Å². The molecule has 2 fully saturated rings. The Morgan fingerprint density at radius 1 is 1.10 bits per heavy atom. The van der Waals surface area contributed by atoms with Gasteiger partial charge in [-0.1, -0.05) is 24.3 Å². The molecule has 1 aliphatic carbocycles. The molecule has 0 aromatic heterocycles. The van der Waals surface area contributed by atoms with Gasteiger partial charge in [0.1, 0.15) is 0 Å². The first-order chi connectivity index (χ1) is 10.2. The van der Waals surface area contributed by atoms with Crippen molar-refractivity contribution in [2.24, 2.45) is 0 Å². The Balaban J connectivity index is 1.54. The van der Waals surface area contributed by atoms with Crippen LogP contribution in [0.25, 0.3) is 0 Å². The van der Waals surface area contributed by atoms with Crippen LogP contribution in [-0.2, 0) is 22.6 Å². The predicted octanol–water partition coefficient (Wildman–Crippen LogP) is 3.41. The Morgan fingerprint density at radius 3 is 2.43 bits per heavy atom. The summed E-state index contributed by atoms with van der Waals surface area (Å²) in [5.41, 5.74) is 2.69. The minimum atomic E-state index is 0.311. The molecule has 1 saturated heterocycles. The number of ether oxygens (including phenoxy) is 2. The fourth-order valence-corrected chi connectivity index (χ4v) is 3.10. The molecule has 1 saturated carbocycles. The fourth-order valence-electron chi connectivity index (χ4n) is 3.10.